The summed E-state index contributed by atoms with van der Waals surface area (Å²) in [5.41, 5.74) is 0. The van der Waals surface area contributed by atoms with Gasteiger partial charge >= 0.3 is 0 Å². The summed E-state index contributed by atoms with van der Waals surface area (Å²) in [4.78, 5) is 17.7. The maximum Gasteiger partial charge on any atom is 0.246 e. The van der Waals surface area contributed by atoms with Gasteiger partial charge in [-0.2, -0.15) is 15.0 Å². The molecule has 2 atom stereocenters. The third kappa shape index (κ3) is 2.77. The van der Waals surface area contributed by atoms with Crippen LogP contribution >= 0.6 is 0 Å². The maximum atomic E-state index is 12.4. The molecule has 1 amide bonds. The van der Waals surface area contributed by atoms with Crippen LogP contribution in [-0.2, 0) is 11.3 Å². The summed E-state index contributed by atoms with van der Waals surface area (Å²) in [5.74, 6) is 0.0145. The predicted molar refractivity (Wildman–Crippen MR) is 73.1 cm³/mol. The summed E-state index contributed by atoms with van der Waals surface area (Å²) >= 11 is 0. The third-order valence-electron chi connectivity index (χ3n) is 3.80. The van der Waals surface area contributed by atoms with E-state index in [1.165, 1.54) is 4.80 Å². The fourth-order valence-electron chi connectivity index (χ4n) is 2.68. The molecule has 1 fully saturated rings. The Morgan fingerprint density at radius 3 is 2.62 bits per heavy atom. The van der Waals surface area contributed by atoms with Gasteiger partial charge in [-0.1, -0.05) is 5.21 Å². The Balaban J connectivity index is 1.72. The van der Waals surface area contributed by atoms with Crippen LogP contribution in [0.15, 0.2) is 24.8 Å². The van der Waals surface area contributed by atoms with E-state index in [4.69, 9.17) is 0 Å². The molecule has 21 heavy (non-hydrogen) atoms. The van der Waals surface area contributed by atoms with Crippen LogP contribution in [0.4, 0.5) is 0 Å². The zero-order chi connectivity index (χ0) is 14.8. The van der Waals surface area contributed by atoms with Crippen molar-refractivity contribution in [2.24, 2.45) is 0 Å². The molecule has 0 aliphatic carbocycles. The lowest BCUT2D eigenvalue weighted by Gasteiger charge is -2.24. The summed E-state index contributed by atoms with van der Waals surface area (Å²) in [6, 6.07) is 0.318. The Labute approximate surface area is 122 Å². The Morgan fingerprint density at radius 2 is 2.00 bits per heavy atom. The summed E-state index contributed by atoms with van der Waals surface area (Å²) in [6.45, 7) is 1.45. The first kappa shape index (κ1) is 13.7. The van der Waals surface area contributed by atoms with Crippen LogP contribution in [0.2, 0.25) is 0 Å². The molecular formula is C12H18N8O. The van der Waals surface area contributed by atoms with Gasteiger partial charge in [0.1, 0.15) is 6.54 Å². The fraction of sp³-hybridized carbons (Fsp3) is 0.583. The van der Waals surface area contributed by atoms with Crippen molar-refractivity contribution in [2.75, 3.05) is 27.2 Å². The van der Waals surface area contributed by atoms with Crippen LogP contribution in [-0.4, -0.2) is 78.9 Å². The van der Waals surface area contributed by atoms with Crippen molar-refractivity contribution in [2.45, 2.75) is 18.6 Å². The van der Waals surface area contributed by atoms with E-state index in [1.54, 1.807) is 18.6 Å². The molecule has 2 aromatic heterocycles. The van der Waals surface area contributed by atoms with E-state index in [2.05, 4.69) is 25.4 Å². The highest BCUT2D eigenvalue weighted by molar-refractivity contribution is 5.76. The van der Waals surface area contributed by atoms with E-state index in [1.807, 2.05) is 29.9 Å². The average molecular weight is 290 g/mol. The number of aromatic nitrogens is 6. The van der Waals surface area contributed by atoms with Crippen molar-refractivity contribution in [3.63, 3.8) is 0 Å². The van der Waals surface area contributed by atoms with Gasteiger partial charge in [-0.3, -0.25) is 4.79 Å². The van der Waals surface area contributed by atoms with Gasteiger partial charge in [-0.15, -0.1) is 5.10 Å². The second kappa shape index (κ2) is 5.60. The molecular weight excluding hydrogens is 272 g/mol. The Bertz CT molecular complexity index is 578. The first-order valence-corrected chi connectivity index (χ1v) is 6.79. The van der Waals surface area contributed by atoms with Crippen molar-refractivity contribution >= 4 is 5.91 Å². The second-order valence-corrected chi connectivity index (χ2v) is 5.34. The van der Waals surface area contributed by atoms with Gasteiger partial charge < -0.3 is 9.80 Å². The molecule has 0 saturated carbocycles. The Kier molecular flexibility index (Phi) is 3.65. The molecule has 112 valence electrons. The zero-order valence-electron chi connectivity index (χ0n) is 12.1. The molecule has 2 aromatic rings. The monoisotopic (exact) mass is 290 g/mol. The van der Waals surface area contributed by atoms with E-state index in [9.17, 15) is 4.79 Å². The number of hydrogen-bond acceptors (Lipinski definition) is 6. The molecule has 9 heteroatoms. The fourth-order valence-corrected chi connectivity index (χ4v) is 2.68. The number of rotatable bonds is 4. The number of likely N-dealkylation sites (N-methyl/N-ethyl adjacent to an activating group) is 1. The minimum Gasteiger partial charge on any atom is -0.337 e. The summed E-state index contributed by atoms with van der Waals surface area (Å²) in [7, 11) is 4.02. The SMILES string of the molecule is CN(C)[C@@H]1CN(C(=O)Cn2nccn2)C[C@@H]1n1ccnn1. The highest BCUT2D eigenvalue weighted by atomic mass is 16.2. The molecule has 1 aliphatic rings. The van der Waals surface area contributed by atoms with E-state index in [0.717, 1.165) is 0 Å². The van der Waals surface area contributed by atoms with Crippen molar-refractivity contribution in [1.29, 1.82) is 0 Å². The minimum absolute atomic E-state index is 0.0145. The second-order valence-electron chi connectivity index (χ2n) is 5.34. The highest BCUT2D eigenvalue weighted by Gasteiger charge is 2.38. The van der Waals surface area contributed by atoms with E-state index in [-0.39, 0.29) is 24.5 Å². The molecule has 0 bridgehead atoms. The molecule has 3 heterocycles. The Morgan fingerprint density at radius 1 is 1.24 bits per heavy atom. The van der Waals surface area contributed by atoms with Crippen molar-refractivity contribution in [1.82, 2.24) is 39.8 Å². The number of hydrogen-bond donors (Lipinski definition) is 0. The zero-order valence-corrected chi connectivity index (χ0v) is 12.1. The highest BCUT2D eigenvalue weighted by Crippen LogP contribution is 2.24. The quantitative estimate of drug-likeness (QED) is 0.709. The molecule has 0 aromatic carbocycles. The van der Waals surface area contributed by atoms with Gasteiger partial charge in [-0.25, -0.2) is 4.68 Å². The topological polar surface area (TPSA) is 85.0 Å². The summed E-state index contributed by atoms with van der Waals surface area (Å²) < 4.78 is 1.82. The smallest absolute Gasteiger partial charge is 0.246 e. The average Bonchev–Trinajstić information content (AvgIpc) is 3.19. The molecule has 1 saturated heterocycles. The van der Waals surface area contributed by atoms with E-state index >= 15 is 0 Å². The number of carbonyl (C=O) groups excluding carboxylic acids is 1. The van der Waals surface area contributed by atoms with E-state index < -0.39 is 0 Å². The van der Waals surface area contributed by atoms with Crippen LogP contribution in [0, 0.1) is 0 Å². The van der Waals surface area contributed by atoms with Gasteiger partial charge in [0.05, 0.1) is 30.7 Å². The molecule has 0 radical (unpaired) electrons. The van der Waals surface area contributed by atoms with Gasteiger partial charge in [0.2, 0.25) is 5.91 Å². The first-order chi connectivity index (χ1) is 10.1. The van der Waals surface area contributed by atoms with Gasteiger partial charge in [-0.05, 0) is 14.1 Å². The van der Waals surface area contributed by atoms with Gasteiger partial charge in [0.25, 0.3) is 0 Å². The van der Waals surface area contributed by atoms with E-state index in [0.29, 0.717) is 13.1 Å². The van der Waals surface area contributed by atoms with Crippen molar-refractivity contribution in [3.05, 3.63) is 24.8 Å². The molecule has 3 rings (SSSR count). The summed E-state index contributed by atoms with van der Waals surface area (Å²) in [6.07, 6.45) is 6.63. The molecule has 0 unspecified atom stereocenters. The molecule has 0 spiro atoms. The van der Waals surface area contributed by atoms with Crippen LogP contribution in [0.25, 0.3) is 0 Å². The van der Waals surface area contributed by atoms with Crippen molar-refractivity contribution in [3.8, 4) is 0 Å². The normalized spacial score (nSPS) is 22.1. The number of likely N-dealkylation sites (tertiary alicyclic amines) is 1. The van der Waals surface area contributed by atoms with Gasteiger partial charge in [0, 0.05) is 19.3 Å². The maximum absolute atomic E-state index is 12.4. The summed E-state index contributed by atoms with van der Waals surface area (Å²) in [5, 5.41) is 15.9. The third-order valence-corrected chi connectivity index (χ3v) is 3.80. The molecule has 1 aliphatic heterocycles. The minimum atomic E-state index is 0.0145. The lowest BCUT2D eigenvalue weighted by atomic mass is 10.1. The number of amides is 1. The lowest BCUT2D eigenvalue weighted by Crippen LogP contribution is -2.38. The standard InChI is InChI=1S/C12H18N8O/c1-17(2)10-7-18(8-11(10)19-6-5-13-16-19)12(21)9-20-14-3-4-15-20/h3-6,10-11H,7-9H2,1-2H3/t10-,11+/m1/s1. The van der Waals surface area contributed by atoms with Crippen LogP contribution in [0.3, 0.4) is 0 Å². The molecule has 9 nitrogen and oxygen atoms in total. The lowest BCUT2D eigenvalue weighted by molar-refractivity contribution is -0.131. The first-order valence-electron chi connectivity index (χ1n) is 6.79. The molecule has 0 N–H and O–H groups in total. The van der Waals surface area contributed by atoms with Crippen molar-refractivity contribution < 1.29 is 4.79 Å². The Hall–Kier alpha value is -2.29. The van der Waals surface area contributed by atoms with Crippen LogP contribution < -0.4 is 0 Å². The van der Waals surface area contributed by atoms with Crippen LogP contribution in [0.1, 0.15) is 6.04 Å². The number of carbonyl (C=O) groups is 1. The van der Waals surface area contributed by atoms with Crippen LogP contribution in [0.5, 0.6) is 0 Å². The number of nitrogens with zero attached hydrogens (tertiary/aromatic N) is 8. The predicted octanol–water partition coefficient (Wildman–Crippen LogP) is -1.12. The van der Waals surface area contributed by atoms with Gasteiger partial charge in [0.15, 0.2) is 0 Å². The largest absolute Gasteiger partial charge is 0.337 e.